The van der Waals surface area contributed by atoms with Crippen LogP contribution in [0, 0.1) is 0 Å². The number of carbonyl (C=O) groups is 1. The Balaban J connectivity index is 2.10. The monoisotopic (exact) mass is 447 g/mol. The van der Waals surface area contributed by atoms with Gasteiger partial charge in [0, 0.05) is 24.7 Å². The van der Waals surface area contributed by atoms with Gasteiger partial charge in [-0.05, 0) is 37.6 Å². The standard InChI is InChI=1S/C19H30ClN3O5S/c1-4-16(19(24)21-8-5-9-22-10-12-28-13-11-22)23(29(3,25)26)17-14-15(20)6-7-18(17)27-2/h6-7,14,16H,4-5,8-13H2,1-3H3,(H,21,24). The summed E-state index contributed by atoms with van der Waals surface area (Å²) >= 11 is 6.08. The number of morpholine rings is 1. The Morgan fingerprint density at radius 1 is 1.38 bits per heavy atom. The molecule has 1 heterocycles. The fourth-order valence-corrected chi connectivity index (χ4v) is 4.70. The number of sulfonamides is 1. The molecule has 0 spiro atoms. The van der Waals surface area contributed by atoms with E-state index < -0.39 is 16.1 Å². The van der Waals surface area contributed by atoms with E-state index in [1.54, 1.807) is 19.1 Å². The summed E-state index contributed by atoms with van der Waals surface area (Å²) in [6, 6.07) is 3.79. The Kier molecular flexibility index (Phi) is 9.01. The summed E-state index contributed by atoms with van der Waals surface area (Å²) < 4.78 is 36.9. The molecular formula is C19H30ClN3O5S. The summed E-state index contributed by atoms with van der Waals surface area (Å²) in [5, 5.41) is 3.23. The first kappa shape index (κ1) is 23.7. The Morgan fingerprint density at radius 3 is 2.66 bits per heavy atom. The minimum atomic E-state index is -3.76. The molecule has 0 saturated carbocycles. The van der Waals surface area contributed by atoms with Gasteiger partial charge in [-0.15, -0.1) is 0 Å². The molecule has 10 heteroatoms. The molecule has 0 aromatic heterocycles. The van der Waals surface area contributed by atoms with Gasteiger partial charge in [-0.2, -0.15) is 0 Å². The molecule has 2 rings (SSSR count). The van der Waals surface area contributed by atoms with E-state index in [-0.39, 0.29) is 11.6 Å². The number of ether oxygens (including phenoxy) is 2. The van der Waals surface area contributed by atoms with Crippen molar-refractivity contribution in [3.8, 4) is 5.75 Å². The van der Waals surface area contributed by atoms with Crippen LogP contribution >= 0.6 is 11.6 Å². The van der Waals surface area contributed by atoms with Crippen molar-refractivity contribution in [2.24, 2.45) is 0 Å². The molecule has 0 bridgehead atoms. The second-order valence-corrected chi connectivity index (χ2v) is 9.19. The van der Waals surface area contributed by atoms with Crippen LogP contribution in [0.1, 0.15) is 19.8 Å². The summed E-state index contributed by atoms with van der Waals surface area (Å²) in [6.45, 7) is 6.34. The molecule has 8 nitrogen and oxygen atoms in total. The molecule has 1 fully saturated rings. The van der Waals surface area contributed by atoms with Crippen LogP contribution in [0.4, 0.5) is 5.69 Å². The molecule has 1 aromatic carbocycles. The average Bonchev–Trinajstić information content (AvgIpc) is 2.69. The maximum atomic E-state index is 12.8. The van der Waals surface area contributed by atoms with Crippen molar-refractivity contribution in [3.63, 3.8) is 0 Å². The number of nitrogens with one attached hydrogen (secondary N) is 1. The van der Waals surface area contributed by atoms with E-state index in [4.69, 9.17) is 21.1 Å². The molecule has 1 atom stereocenters. The number of halogens is 1. The van der Waals surface area contributed by atoms with E-state index in [0.29, 0.717) is 23.7 Å². The van der Waals surface area contributed by atoms with Gasteiger partial charge in [0.25, 0.3) is 0 Å². The normalized spacial score (nSPS) is 16.3. The molecule has 1 N–H and O–H groups in total. The molecule has 1 aliphatic heterocycles. The van der Waals surface area contributed by atoms with Crippen molar-refractivity contribution >= 4 is 33.2 Å². The van der Waals surface area contributed by atoms with Gasteiger partial charge in [0.05, 0.1) is 32.3 Å². The fraction of sp³-hybridized carbons (Fsp3) is 0.632. The molecule has 0 aliphatic carbocycles. The van der Waals surface area contributed by atoms with Crippen LogP contribution in [-0.2, 0) is 19.6 Å². The van der Waals surface area contributed by atoms with Crippen molar-refractivity contribution in [2.45, 2.75) is 25.8 Å². The van der Waals surface area contributed by atoms with Crippen LogP contribution in [0.3, 0.4) is 0 Å². The van der Waals surface area contributed by atoms with E-state index in [1.807, 2.05) is 0 Å². The summed E-state index contributed by atoms with van der Waals surface area (Å²) in [7, 11) is -2.32. The van der Waals surface area contributed by atoms with Gasteiger partial charge in [0.2, 0.25) is 15.9 Å². The van der Waals surface area contributed by atoms with E-state index in [9.17, 15) is 13.2 Å². The van der Waals surface area contributed by atoms with Crippen molar-refractivity contribution in [1.29, 1.82) is 0 Å². The van der Waals surface area contributed by atoms with Gasteiger partial charge in [0.1, 0.15) is 11.8 Å². The van der Waals surface area contributed by atoms with Gasteiger partial charge in [0.15, 0.2) is 0 Å². The highest BCUT2D eigenvalue weighted by Crippen LogP contribution is 2.34. The van der Waals surface area contributed by atoms with Crippen LogP contribution in [0.15, 0.2) is 18.2 Å². The van der Waals surface area contributed by atoms with E-state index >= 15 is 0 Å². The van der Waals surface area contributed by atoms with Crippen LogP contribution in [0.2, 0.25) is 5.02 Å². The predicted octanol–water partition coefficient (Wildman–Crippen LogP) is 1.73. The number of rotatable bonds is 10. The minimum Gasteiger partial charge on any atom is -0.495 e. The van der Waals surface area contributed by atoms with Crippen LogP contribution < -0.4 is 14.4 Å². The predicted molar refractivity (Wildman–Crippen MR) is 114 cm³/mol. The number of benzene rings is 1. The van der Waals surface area contributed by atoms with E-state index in [1.165, 1.54) is 13.2 Å². The second kappa shape index (κ2) is 11.0. The van der Waals surface area contributed by atoms with Crippen LogP contribution in [-0.4, -0.2) is 78.0 Å². The lowest BCUT2D eigenvalue weighted by Crippen LogP contribution is -2.49. The zero-order chi connectivity index (χ0) is 21.4. The minimum absolute atomic E-state index is 0.248. The van der Waals surface area contributed by atoms with Crippen LogP contribution in [0.5, 0.6) is 5.75 Å². The number of carbonyl (C=O) groups excluding carboxylic acids is 1. The first-order chi connectivity index (χ1) is 13.8. The van der Waals surface area contributed by atoms with Gasteiger partial charge in [-0.1, -0.05) is 18.5 Å². The average molecular weight is 448 g/mol. The first-order valence-corrected chi connectivity index (χ1v) is 11.9. The summed E-state index contributed by atoms with van der Waals surface area (Å²) in [5.74, 6) is -0.0136. The summed E-state index contributed by atoms with van der Waals surface area (Å²) in [6.07, 6.45) is 2.15. The van der Waals surface area contributed by atoms with Gasteiger partial charge in [-0.3, -0.25) is 14.0 Å². The molecule has 29 heavy (non-hydrogen) atoms. The molecular weight excluding hydrogens is 418 g/mol. The third-order valence-electron chi connectivity index (χ3n) is 4.76. The topological polar surface area (TPSA) is 88.2 Å². The van der Waals surface area contributed by atoms with Gasteiger partial charge < -0.3 is 14.8 Å². The summed E-state index contributed by atoms with van der Waals surface area (Å²) in [5.41, 5.74) is 0.248. The van der Waals surface area contributed by atoms with Gasteiger partial charge >= 0.3 is 0 Å². The van der Waals surface area contributed by atoms with E-state index in [0.717, 1.165) is 49.8 Å². The van der Waals surface area contributed by atoms with Crippen molar-refractivity contribution < 1.29 is 22.7 Å². The number of amides is 1. The zero-order valence-corrected chi connectivity index (χ0v) is 18.8. The Morgan fingerprint density at radius 2 is 2.07 bits per heavy atom. The molecule has 1 aromatic rings. The highest BCUT2D eigenvalue weighted by Gasteiger charge is 2.33. The zero-order valence-electron chi connectivity index (χ0n) is 17.2. The van der Waals surface area contributed by atoms with Crippen molar-refractivity contribution in [2.75, 3.05) is 57.1 Å². The lowest BCUT2D eigenvalue weighted by Gasteiger charge is -2.31. The summed E-state index contributed by atoms with van der Waals surface area (Å²) in [4.78, 5) is 15.1. The third-order valence-corrected chi connectivity index (χ3v) is 6.16. The highest BCUT2D eigenvalue weighted by molar-refractivity contribution is 7.92. The van der Waals surface area contributed by atoms with Gasteiger partial charge in [-0.25, -0.2) is 8.42 Å². The van der Waals surface area contributed by atoms with Crippen molar-refractivity contribution in [3.05, 3.63) is 23.2 Å². The number of hydrogen-bond acceptors (Lipinski definition) is 6. The smallest absolute Gasteiger partial charge is 0.243 e. The number of methoxy groups -OCH3 is 1. The third kappa shape index (κ3) is 6.74. The van der Waals surface area contributed by atoms with Crippen LogP contribution in [0.25, 0.3) is 0 Å². The maximum absolute atomic E-state index is 12.8. The molecule has 1 amide bonds. The molecule has 0 radical (unpaired) electrons. The Bertz CT molecular complexity index is 784. The number of hydrogen-bond donors (Lipinski definition) is 1. The molecule has 1 aliphatic rings. The Labute approximate surface area is 178 Å². The molecule has 164 valence electrons. The largest absolute Gasteiger partial charge is 0.495 e. The molecule has 1 unspecified atom stereocenters. The molecule has 1 saturated heterocycles. The van der Waals surface area contributed by atoms with Crippen molar-refractivity contribution in [1.82, 2.24) is 10.2 Å². The van der Waals surface area contributed by atoms with E-state index in [2.05, 4.69) is 10.2 Å². The Hall–Kier alpha value is -1.55. The SMILES string of the molecule is CCC(C(=O)NCCCN1CCOCC1)N(c1cc(Cl)ccc1OC)S(C)(=O)=O. The lowest BCUT2D eigenvalue weighted by atomic mass is 10.1. The second-order valence-electron chi connectivity index (χ2n) is 6.90. The number of anilines is 1. The first-order valence-electron chi connectivity index (χ1n) is 9.68. The number of nitrogens with zero attached hydrogens (tertiary/aromatic N) is 2. The highest BCUT2D eigenvalue weighted by atomic mass is 35.5. The quantitative estimate of drug-likeness (QED) is 0.549. The maximum Gasteiger partial charge on any atom is 0.243 e. The lowest BCUT2D eigenvalue weighted by molar-refractivity contribution is -0.122. The fourth-order valence-electron chi connectivity index (χ4n) is 3.33.